The largest absolute Gasteiger partial charge is 0.363 e. The minimum absolute atomic E-state index is 0.0493. The zero-order chi connectivity index (χ0) is 31.7. The van der Waals surface area contributed by atoms with Crippen LogP contribution < -0.4 is 21.7 Å². The van der Waals surface area contributed by atoms with Crippen molar-refractivity contribution >= 4 is 35.4 Å². The van der Waals surface area contributed by atoms with Crippen LogP contribution >= 0.6 is 0 Å². The summed E-state index contributed by atoms with van der Waals surface area (Å²) in [5.74, 6) is -3.21. The van der Waals surface area contributed by atoms with Crippen molar-refractivity contribution in [1.29, 1.82) is 0 Å². The summed E-state index contributed by atoms with van der Waals surface area (Å²) >= 11 is 0. The van der Waals surface area contributed by atoms with Gasteiger partial charge >= 0.3 is 6.03 Å². The van der Waals surface area contributed by atoms with Crippen LogP contribution in [0, 0.1) is 28.6 Å². The Morgan fingerprint density at radius 1 is 1.12 bits per heavy atom. The first kappa shape index (κ1) is 32.8. The first-order valence-corrected chi connectivity index (χ1v) is 14.5. The number of fused-ring (bicyclic) bond motifs is 1. The minimum Gasteiger partial charge on any atom is -0.363 e. The molecule has 5 atom stereocenters. The van der Waals surface area contributed by atoms with Gasteiger partial charge in [0.2, 0.25) is 17.6 Å². The number of piperidine rings is 1. The van der Waals surface area contributed by atoms with Crippen LogP contribution in [0.4, 0.5) is 4.79 Å². The molecule has 0 radical (unpaired) electrons. The number of Topliss-reactive ketones (excluding diaryl/α,β-unsaturated/α-hetero) is 1. The predicted octanol–water partition coefficient (Wildman–Crippen LogP) is 1.07. The summed E-state index contributed by atoms with van der Waals surface area (Å²) in [4.78, 5) is 80.5. The van der Waals surface area contributed by atoms with Gasteiger partial charge in [-0.2, -0.15) is 0 Å². The quantitative estimate of drug-likeness (QED) is 0.151. The number of nitrogens with one attached hydrogen (secondary N) is 3. The summed E-state index contributed by atoms with van der Waals surface area (Å²) in [5, 5.41) is 7.98. The van der Waals surface area contributed by atoms with Gasteiger partial charge in [0.05, 0.1) is 6.04 Å². The second-order valence-corrected chi connectivity index (χ2v) is 13.4. The highest BCUT2D eigenvalue weighted by Crippen LogP contribution is 2.65. The average Bonchev–Trinajstić information content (AvgIpc) is 3.75. The molecule has 6 amide bonds. The summed E-state index contributed by atoms with van der Waals surface area (Å²) < 4.78 is 0. The smallest absolute Gasteiger partial charge is 0.320 e. The lowest BCUT2D eigenvalue weighted by Gasteiger charge is -2.34. The molecule has 42 heavy (non-hydrogen) atoms. The maximum absolute atomic E-state index is 13.7. The maximum Gasteiger partial charge on any atom is 0.320 e. The molecule has 232 valence electrons. The molecule has 0 aromatic carbocycles. The number of allylic oxidation sites excluding steroid dienone is 1. The summed E-state index contributed by atoms with van der Waals surface area (Å²) in [6.07, 6.45) is 5.17. The lowest BCUT2D eigenvalue weighted by atomic mass is 9.86. The van der Waals surface area contributed by atoms with Crippen LogP contribution in [0.1, 0.15) is 60.8 Å². The number of carbonyl (C=O) groups excluding carboxylic acids is 6. The van der Waals surface area contributed by atoms with Gasteiger partial charge in [-0.05, 0) is 41.9 Å². The third-order valence-electron chi connectivity index (χ3n) is 8.81. The van der Waals surface area contributed by atoms with Gasteiger partial charge in [-0.3, -0.25) is 24.0 Å². The van der Waals surface area contributed by atoms with Crippen molar-refractivity contribution in [1.82, 2.24) is 25.8 Å². The van der Waals surface area contributed by atoms with E-state index in [2.05, 4.69) is 22.5 Å². The molecule has 3 aliphatic rings. The molecule has 1 unspecified atom stereocenters. The number of urea groups is 1. The van der Waals surface area contributed by atoms with E-state index in [-0.39, 0.29) is 34.8 Å². The predicted molar refractivity (Wildman–Crippen MR) is 156 cm³/mol. The minimum atomic E-state index is -1.11. The summed E-state index contributed by atoms with van der Waals surface area (Å²) in [6, 6.07) is -3.56. The van der Waals surface area contributed by atoms with Crippen molar-refractivity contribution in [3.63, 3.8) is 0 Å². The van der Waals surface area contributed by atoms with Gasteiger partial charge < -0.3 is 31.5 Å². The van der Waals surface area contributed by atoms with Gasteiger partial charge in [-0.15, -0.1) is 6.58 Å². The molecular formula is C30H46N6O6. The Kier molecular flexibility index (Phi) is 9.58. The van der Waals surface area contributed by atoms with Gasteiger partial charge in [0, 0.05) is 20.1 Å². The third kappa shape index (κ3) is 7.01. The molecule has 0 aromatic rings. The lowest BCUT2D eigenvalue weighted by Crippen LogP contribution is -2.57. The highest BCUT2D eigenvalue weighted by molar-refractivity contribution is 6.37. The fourth-order valence-electron chi connectivity index (χ4n) is 5.99. The van der Waals surface area contributed by atoms with Crippen LogP contribution in [0.25, 0.3) is 0 Å². The van der Waals surface area contributed by atoms with Gasteiger partial charge in [-0.25, -0.2) is 4.79 Å². The molecule has 0 bridgehead atoms. The number of likely N-dealkylation sites (tertiary alicyclic amines) is 1. The molecule has 1 saturated heterocycles. The van der Waals surface area contributed by atoms with Crippen LogP contribution in [0.15, 0.2) is 24.4 Å². The normalized spacial score (nSPS) is 24.0. The Labute approximate surface area is 247 Å². The Balaban J connectivity index is 1.76. The summed E-state index contributed by atoms with van der Waals surface area (Å²) in [7, 11) is 1.61. The van der Waals surface area contributed by atoms with E-state index in [1.54, 1.807) is 20.0 Å². The molecular weight excluding hydrogens is 540 g/mol. The number of rotatable bonds is 12. The number of hydrogen-bond acceptors (Lipinski definition) is 6. The summed E-state index contributed by atoms with van der Waals surface area (Å²) in [6.45, 7) is 15.3. The fraction of sp³-hybridized carbons (Fsp3) is 0.667. The standard InChI is InChI=1S/C30H46N6O6/c1-9-13-35(8)27(41)23(29(3,4)5)34-28(42)33-18(10-2)26(40)36-15-17-20(30(17,6)7)21(36)25(39)32-19(14-16-11-12-16)22(37)24(31)38/h9-10,16-17,19-21,23H,1,11-15H2,2-8H3,(H2,31,38)(H,32,39)(H2,33,34,42)/b18-10-/t17-,19?,20-,21-,23+/m0/s1. The molecule has 0 spiro atoms. The Morgan fingerprint density at radius 2 is 1.74 bits per heavy atom. The van der Waals surface area contributed by atoms with Gasteiger partial charge in [0.15, 0.2) is 0 Å². The molecule has 1 heterocycles. The zero-order valence-electron chi connectivity index (χ0n) is 25.8. The number of amides is 6. The van der Waals surface area contributed by atoms with E-state index < -0.39 is 53.1 Å². The molecule has 3 rings (SSSR count). The van der Waals surface area contributed by atoms with E-state index in [0.717, 1.165) is 12.8 Å². The molecule has 3 fully saturated rings. The second-order valence-electron chi connectivity index (χ2n) is 13.4. The van der Waals surface area contributed by atoms with Crippen LogP contribution in [0.3, 0.4) is 0 Å². The number of nitrogens with zero attached hydrogens (tertiary/aromatic N) is 2. The molecule has 2 saturated carbocycles. The highest BCUT2D eigenvalue weighted by Gasteiger charge is 2.69. The van der Waals surface area contributed by atoms with Crippen LogP contribution in [0.5, 0.6) is 0 Å². The topological polar surface area (TPSA) is 171 Å². The molecule has 1 aliphatic heterocycles. The fourth-order valence-corrected chi connectivity index (χ4v) is 5.99. The molecule has 2 aliphatic carbocycles. The van der Waals surface area contributed by atoms with E-state index in [1.807, 2.05) is 34.6 Å². The zero-order valence-corrected chi connectivity index (χ0v) is 25.8. The average molecular weight is 587 g/mol. The van der Waals surface area contributed by atoms with Crippen molar-refractivity contribution in [3.05, 3.63) is 24.4 Å². The van der Waals surface area contributed by atoms with Crippen LogP contribution in [-0.4, -0.2) is 83.5 Å². The number of likely N-dealkylation sites (N-methyl/N-ethyl adjacent to an activating group) is 1. The van der Waals surface area contributed by atoms with Crippen LogP contribution in [-0.2, 0) is 24.0 Å². The number of carbonyl (C=O) groups is 6. The van der Waals surface area contributed by atoms with Gasteiger partial charge in [0.1, 0.15) is 17.8 Å². The Morgan fingerprint density at radius 3 is 2.24 bits per heavy atom. The number of hydrogen-bond donors (Lipinski definition) is 4. The Bertz CT molecular complexity index is 1180. The summed E-state index contributed by atoms with van der Waals surface area (Å²) in [5.41, 5.74) is 4.37. The van der Waals surface area contributed by atoms with E-state index in [1.165, 1.54) is 15.9 Å². The van der Waals surface area contributed by atoms with Crippen molar-refractivity contribution in [2.45, 2.75) is 78.9 Å². The second kappa shape index (κ2) is 12.3. The SMILES string of the molecule is C=CCN(C)C(=O)[C@@H](NC(=O)N/C(=C\C)C(=O)N1C[C@H]2[C@@H]([C@H]1C(=O)NC(CC1CC1)C(=O)C(N)=O)C2(C)C)C(C)(C)C. The van der Waals surface area contributed by atoms with E-state index >= 15 is 0 Å². The lowest BCUT2D eigenvalue weighted by molar-refractivity contribution is -0.141. The molecule has 5 N–H and O–H groups in total. The van der Waals surface area contributed by atoms with Crippen molar-refractivity contribution in [3.8, 4) is 0 Å². The third-order valence-corrected chi connectivity index (χ3v) is 8.81. The molecule has 12 heteroatoms. The van der Waals surface area contributed by atoms with Gasteiger partial charge in [-0.1, -0.05) is 59.6 Å². The van der Waals surface area contributed by atoms with Gasteiger partial charge in [0.25, 0.3) is 11.8 Å². The Hall–Kier alpha value is -3.70. The highest BCUT2D eigenvalue weighted by atomic mass is 16.2. The van der Waals surface area contributed by atoms with E-state index in [0.29, 0.717) is 19.5 Å². The number of ketones is 1. The van der Waals surface area contributed by atoms with Crippen molar-refractivity contribution < 1.29 is 28.8 Å². The van der Waals surface area contributed by atoms with Crippen LogP contribution in [0.2, 0.25) is 0 Å². The van der Waals surface area contributed by atoms with Crippen molar-refractivity contribution in [2.75, 3.05) is 20.1 Å². The number of nitrogens with two attached hydrogens (primary N) is 1. The maximum atomic E-state index is 13.7. The van der Waals surface area contributed by atoms with E-state index in [4.69, 9.17) is 5.73 Å². The first-order valence-electron chi connectivity index (χ1n) is 14.5. The van der Waals surface area contributed by atoms with E-state index in [9.17, 15) is 28.8 Å². The molecule has 12 nitrogen and oxygen atoms in total. The van der Waals surface area contributed by atoms with Crippen molar-refractivity contribution in [2.24, 2.45) is 34.3 Å². The number of primary amides is 1. The molecule has 0 aromatic heterocycles. The monoisotopic (exact) mass is 586 g/mol. The first-order chi connectivity index (χ1) is 19.4.